The van der Waals surface area contributed by atoms with E-state index in [4.69, 9.17) is 10.3 Å². The quantitative estimate of drug-likeness (QED) is 0.681. The molecule has 0 aromatic heterocycles. The standard InChI is InChI=1S/C11H26NO2PS/c1-6-11(12,7-2)9-16-15(5,13)14-8-10(3)4/h10H,6-9,12H2,1-5H3. The van der Waals surface area contributed by atoms with Crippen LogP contribution in [0.1, 0.15) is 40.5 Å². The van der Waals surface area contributed by atoms with Gasteiger partial charge in [0.1, 0.15) is 0 Å². The molecular formula is C11H26NO2PS. The van der Waals surface area contributed by atoms with Crippen LogP contribution in [-0.4, -0.2) is 24.6 Å². The molecule has 0 bridgehead atoms. The molecule has 0 aromatic rings. The zero-order valence-corrected chi connectivity index (χ0v) is 12.9. The minimum Gasteiger partial charge on any atom is -0.324 e. The van der Waals surface area contributed by atoms with Crippen LogP contribution in [0.4, 0.5) is 0 Å². The van der Waals surface area contributed by atoms with E-state index in [-0.39, 0.29) is 5.54 Å². The van der Waals surface area contributed by atoms with Crippen molar-refractivity contribution in [1.82, 2.24) is 0 Å². The van der Waals surface area contributed by atoms with E-state index in [0.717, 1.165) is 12.8 Å². The highest BCUT2D eigenvalue weighted by molar-refractivity contribution is 8.56. The lowest BCUT2D eigenvalue weighted by atomic mass is 9.97. The normalized spacial score (nSPS) is 16.4. The van der Waals surface area contributed by atoms with Gasteiger partial charge >= 0.3 is 0 Å². The maximum atomic E-state index is 12.1. The van der Waals surface area contributed by atoms with Crippen LogP contribution in [0.15, 0.2) is 0 Å². The first kappa shape index (κ1) is 16.5. The van der Waals surface area contributed by atoms with Crippen molar-refractivity contribution in [1.29, 1.82) is 0 Å². The van der Waals surface area contributed by atoms with Gasteiger partial charge in [0, 0.05) is 18.0 Å². The zero-order chi connectivity index (χ0) is 12.8. The van der Waals surface area contributed by atoms with Crippen LogP contribution in [0.25, 0.3) is 0 Å². The lowest BCUT2D eigenvalue weighted by Crippen LogP contribution is -2.40. The molecule has 0 fully saturated rings. The number of rotatable bonds is 8. The molecule has 0 heterocycles. The minimum atomic E-state index is -2.53. The molecule has 0 radical (unpaired) electrons. The van der Waals surface area contributed by atoms with Crippen molar-refractivity contribution in [3.63, 3.8) is 0 Å². The molecule has 0 saturated carbocycles. The zero-order valence-electron chi connectivity index (χ0n) is 11.2. The van der Waals surface area contributed by atoms with E-state index in [0.29, 0.717) is 18.3 Å². The summed E-state index contributed by atoms with van der Waals surface area (Å²) < 4.78 is 17.5. The molecule has 98 valence electrons. The third-order valence-electron chi connectivity index (χ3n) is 2.64. The smallest absolute Gasteiger partial charge is 0.254 e. The maximum absolute atomic E-state index is 12.1. The van der Waals surface area contributed by atoms with Gasteiger partial charge in [-0.3, -0.25) is 4.57 Å². The summed E-state index contributed by atoms with van der Waals surface area (Å²) in [5, 5.41) is 0. The maximum Gasteiger partial charge on any atom is 0.254 e. The van der Waals surface area contributed by atoms with E-state index in [1.165, 1.54) is 11.4 Å². The summed E-state index contributed by atoms with van der Waals surface area (Å²) in [5.41, 5.74) is 5.95. The summed E-state index contributed by atoms with van der Waals surface area (Å²) >= 11 is 1.39. The highest BCUT2D eigenvalue weighted by Crippen LogP contribution is 2.57. The van der Waals surface area contributed by atoms with Crippen LogP contribution in [-0.2, 0) is 9.09 Å². The van der Waals surface area contributed by atoms with E-state index in [9.17, 15) is 4.57 Å². The highest BCUT2D eigenvalue weighted by Gasteiger charge is 2.26. The van der Waals surface area contributed by atoms with Gasteiger partial charge in [0.05, 0.1) is 6.61 Å². The second-order valence-corrected chi connectivity index (χ2v) is 9.92. The first-order valence-corrected chi connectivity index (χ1v) is 9.56. The SMILES string of the molecule is CCC(N)(CC)CSP(C)(=O)OCC(C)C. The molecule has 1 atom stereocenters. The molecule has 0 saturated heterocycles. The molecule has 0 rings (SSSR count). The van der Waals surface area contributed by atoms with Gasteiger partial charge in [-0.2, -0.15) is 0 Å². The molecule has 5 heteroatoms. The Hall–Kier alpha value is 0.500. The fraction of sp³-hybridized carbons (Fsp3) is 1.00. The van der Waals surface area contributed by atoms with Gasteiger partial charge in [-0.15, -0.1) is 0 Å². The first-order chi connectivity index (χ1) is 7.24. The van der Waals surface area contributed by atoms with Crippen molar-refractivity contribution in [3.8, 4) is 0 Å². The van der Waals surface area contributed by atoms with Crippen LogP contribution in [0, 0.1) is 5.92 Å². The Bertz CT molecular complexity index is 242. The molecule has 0 aliphatic carbocycles. The van der Waals surface area contributed by atoms with Crippen LogP contribution < -0.4 is 5.73 Å². The first-order valence-electron chi connectivity index (χ1n) is 5.90. The van der Waals surface area contributed by atoms with Crippen LogP contribution in [0.5, 0.6) is 0 Å². The molecule has 16 heavy (non-hydrogen) atoms. The van der Waals surface area contributed by atoms with Gasteiger partial charge in [-0.1, -0.05) is 39.1 Å². The minimum absolute atomic E-state index is 0.211. The van der Waals surface area contributed by atoms with Crippen LogP contribution in [0.3, 0.4) is 0 Å². The van der Waals surface area contributed by atoms with Crippen LogP contribution in [0.2, 0.25) is 0 Å². The molecule has 3 nitrogen and oxygen atoms in total. The molecule has 1 unspecified atom stereocenters. The number of hydrogen-bond donors (Lipinski definition) is 1. The fourth-order valence-corrected chi connectivity index (χ4v) is 4.45. The Balaban J connectivity index is 4.12. The van der Waals surface area contributed by atoms with Gasteiger partial charge in [-0.05, 0) is 18.8 Å². The Morgan fingerprint density at radius 1 is 1.38 bits per heavy atom. The molecule has 0 aliphatic rings. The topological polar surface area (TPSA) is 52.3 Å². The second kappa shape index (κ2) is 7.05. The summed E-state index contributed by atoms with van der Waals surface area (Å²) in [6.45, 7) is 7.95. The highest BCUT2D eigenvalue weighted by atomic mass is 32.7. The summed E-state index contributed by atoms with van der Waals surface area (Å²) in [5.74, 6) is 1.11. The number of nitrogens with two attached hydrogens (primary N) is 1. The predicted molar refractivity (Wildman–Crippen MR) is 74.3 cm³/mol. The Labute approximate surface area is 104 Å². The average molecular weight is 267 g/mol. The van der Waals surface area contributed by atoms with E-state index in [1.807, 2.05) is 0 Å². The third kappa shape index (κ3) is 6.95. The molecular weight excluding hydrogens is 241 g/mol. The van der Waals surface area contributed by atoms with E-state index >= 15 is 0 Å². The lowest BCUT2D eigenvalue weighted by molar-refractivity contribution is 0.282. The Kier molecular flexibility index (Phi) is 7.27. The second-order valence-electron chi connectivity index (χ2n) is 4.80. The largest absolute Gasteiger partial charge is 0.324 e. The van der Waals surface area contributed by atoms with Crippen molar-refractivity contribution < 1.29 is 9.09 Å². The molecule has 2 N–H and O–H groups in total. The van der Waals surface area contributed by atoms with Crippen molar-refractivity contribution in [3.05, 3.63) is 0 Å². The van der Waals surface area contributed by atoms with Gasteiger partial charge in [0.15, 0.2) is 0 Å². The Morgan fingerprint density at radius 2 is 1.88 bits per heavy atom. The van der Waals surface area contributed by atoms with Crippen molar-refractivity contribution in [2.75, 3.05) is 19.0 Å². The molecule has 0 amide bonds. The van der Waals surface area contributed by atoms with E-state index in [1.54, 1.807) is 6.66 Å². The molecule has 0 aromatic carbocycles. The fourth-order valence-electron chi connectivity index (χ4n) is 1.02. The monoisotopic (exact) mass is 267 g/mol. The predicted octanol–water partition coefficient (Wildman–Crippen LogP) is 3.73. The molecule has 0 spiro atoms. The van der Waals surface area contributed by atoms with Crippen LogP contribution >= 0.6 is 18.0 Å². The Morgan fingerprint density at radius 3 is 2.25 bits per heavy atom. The van der Waals surface area contributed by atoms with Crippen molar-refractivity contribution in [2.45, 2.75) is 46.1 Å². The summed E-state index contributed by atoms with van der Waals surface area (Å²) in [4.78, 5) is 0. The summed E-state index contributed by atoms with van der Waals surface area (Å²) in [7, 11) is 0. The van der Waals surface area contributed by atoms with Crippen molar-refractivity contribution in [2.24, 2.45) is 11.7 Å². The lowest BCUT2D eigenvalue weighted by Gasteiger charge is -2.27. The third-order valence-corrected chi connectivity index (χ3v) is 6.54. The summed E-state index contributed by atoms with van der Waals surface area (Å²) in [6, 6.07) is 0. The van der Waals surface area contributed by atoms with E-state index in [2.05, 4.69) is 27.7 Å². The van der Waals surface area contributed by atoms with Crippen molar-refractivity contribution >= 4 is 18.0 Å². The van der Waals surface area contributed by atoms with Gasteiger partial charge in [-0.25, -0.2) is 0 Å². The van der Waals surface area contributed by atoms with Gasteiger partial charge in [0.2, 0.25) is 0 Å². The molecule has 0 aliphatic heterocycles. The average Bonchev–Trinajstić information content (AvgIpc) is 2.24. The number of hydrogen-bond acceptors (Lipinski definition) is 4. The van der Waals surface area contributed by atoms with Gasteiger partial charge < -0.3 is 10.3 Å². The van der Waals surface area contributed by atoms with Gasteiger partial charge in [0.25, 0.3) is 6.57 Å². The van der Waals surface area contributed by atoms with E-state index < -0.39 is 6.57 Å². The summed E-state index contributed by atoms with van der Waals surface area (Å²) in [6.07, 6.45) is 1.81.